The van der Waals surface area contributed by atoms with E-state index >= 15 is 0 Å². The number of benzene rings is 2. The number of hydrogen-bond acceptors (Lipinski definition) is 4. The summed E-state index contributed by atoms with van der Waals surface area (Å²) >= 11 is 0. The molecule has 5 nitrogen and oxygen atoms in total. The first-order valence-electron chi connectivity index (χ1n) is 7.74. The van der Waals surface area contributed by atoms with Gasteiger partial charge in [0.2, 0.25) is 5.88 Å². The molecule has 2 aromatic carbocycles. The van der Waals surface area contributed by atoms with Gasteiger partial charge in [-0.15, -0.1) is 5.10 Å². The van der Waals surface area contributed by atoms with Crippen LogP contribution in [0, 0.1) is 5.82 Å². The monoisotopic (exact) mass is 340 g/mol. The predicted molar refractivity (Wildman–Crippen MR) is 91.1 cm³/mol. The van der Waals surface area contributed by atoms with Gasteiger partial charge < -0.3 is 9.47 Å². The van der Waals surface area contributed by atoms with E-state index in [4.69, 9.17) is 4.74 Å². The minimum atomic E-state index is -0.787. The zero-order valence-corrected chi connectivity index (χ0v) is 13.8. The largest absolute Gasteiger partial charge is 0.466 e. The Morgan fingerprint density at radius 1 is 1.12 bits per heavy atom. The van der Waals surface area contributed by atoms with E-state index in [1.807, 2.05) is 30.3 Å². The Kier molecular flexibility index (Phi) is 4.79. The van der Waals surface area contributed by atoms with Gasteiger partial charge in [0.25, 0.3) is 0 Å². The number of aromatic nitrogens is 2. The van der Waals surface area contributed by atoms with E-state index in [1.54, 1.807) is 29.8 Å². The molecule has 3 rings (SSSR count). The maximum Gasteiger partial charge on any atom is 0.346 e. The molecule has 1 atom stereocenters. The zero-order chi connectivity index (χ0) is 17.8. The van der Waals surface area contributed by atoms with Crippen molar-refractivity contribution >= 4 is 5.97 Å². The van der Waals surface area contributed by atoms with Crippen LogP contribution in [0.5, 0.6) is 5.88 Å². The molecule has 3 aromatic rings. The molecule has 25 heavy (non-hydrogen) atoms. The molecule has 1 unspecified atom stereocenters. The molecule has 0 fully saturated rings. The Balaban J connectivity index is 2.02. The molecule has 128 valence electrons. The second-order valence-corrected chi connectivity index (χ2v) is 5.41. The highest BCUT2D eigenvalue weighted by atomic mass is 19.1. The number of rotatable bonds is 5. The van der Waals surface area contributed by atoms with Crippen molar-refractivity contribution in [2.75, 3.05) is 7.11 Å². The third kappa shape index (κ3) is 3.68. The minimum absolute atomic E-state index is 0.279. The Hall–Kier alpha value is -3.15. The van der Waals surface area contributed by atoms with Crippen molar-refractivity contribution in [2.24, 2.45) is 0 Å². The summed E-state index contributed by atoms with van der Waals surface area (Å²) in [5.74, 6) is -0.524. The van der Waals surface area contributed by atoms with Crippen molar-refractivity contribution in [2.45, 2.75) is 13.0 Å². The van der Waals surface area contributed by atoms with Crippen molar-refractivity contribution in [1.29, 1.82) is 0 Å². The van der Waals surface area contributed by atoms with Gasteiger partial charge in [-0.1, -0.05) is 18.2 Å². The maximum absolute atomic E-state index is 13.2. The van der Waals surface area contributed by atoms with Crippen LogP contribution < -0.4 is 4.74 Å². The first kappa shape index (κ1) is 16.7. The van der Waals surface area contributed by atoms with Crippen LogP contribution in [0.3, 0.4) is 0 Å². The summed E-state index contributed by atoms with van der Waals surface area (Å²) in [5.41, 5.74) is 2.32. The Morgan fingerprint density at radius 3 is 2.44 bits per heavy atom. The molecular formula is C19H17FN2O3. The summed E-state index contributed by atoms with van der Waals surface area (Å²) < 4.78 is 25.2. The fraction of sp³-hybridized carbons (Fsp3) is 0.158. The summed E-state index contributed by atoms with van der Waals surface area (Å²) in [5, 5.41) is 4.43. The molecule has 1 heterocycles. The van der Waals surface area contributed by atoms with Gasteiger partial charge in [0.1, 0.15) is 5.82 Å². The molecule has 6 heteroatoms. The van der Waals surface area contributed by atoms with Crippen molar-refractivity contribution in [1.82, 2.24) is 9.78 Å². The minimum Gasteiger partial charge on any atom is -0.466 e. The van der Waals surface area contributed by atoms with Crippen LogP contribution in [0.25, 0.3) is 16.9 Å². The van der Waals surface area contributed by atoms with E-state index in [1.165, 1.54) is 19.2 Å². The van der Waals surface area contributed by atoms with Crippen LogP contribution in [0.4, 0.5) is 4.39 Å². The molecule has 0 spiro atoms. The fourth-order valence-electron chi connectivity index (χ4n) is 2.40. The molecule has 0 aliphatic heterocycles. The summed E-state index contributed by atoms with van der Waals surface area (Å²) in [6, 6.07) is 17.3. The van der Waals surface area contributed by atoms with Gasteiger partial charge in [0.15, 0.2) is 6.10 Å². The number of carbonyl (C=O) groups is 1. The first-order chi connectivity index (χ1) is 12.1. The van der Waals surface area contributed by atoms with Gasteiger partial charge in [-0.2, -0.15) is 0 Å². The first-order valence-corrected chi connectivity index (χ1v) is 7.74. The van der Waals surface area contributed by atoms with E-state index in [-0.39, 0.29) is 11.7 Å². The predicted octanol–water partition coefficient (Wildman–Crippen LogP) is 3.62. The molecule has 0 saturated heterocycles. The number of para-hydroxylation sites is 1. The molecule has 0 aliphatic rings. The highest BCUT2D eigenvalue weighted by Crippen LogP contribution is 2.27. The van der Waals surface area contributed by atoms with Crippen LogP contribution in [-0.4, -0.2) is 29.0 Å². The molecule has 1 aromatic heterocycles. The number of carbonyl (C=O) groups excluding carboxylic acids is 1. The summed E-state index contributed by atoms with van der Waals surface area (Å²) in [4.78, 5) is 11.6. The van der Waals surface area contributed by atoms with E-state index in [2.05, 4.69) is 9.84 Å². The summed E-state index contributed by atoms with van der Waals surface area (Å²) in [7, 11) is 1.30. The molecule has 0 saturated carbocycles. The van der Waals surface area contributed by atoms with Gasteiger partial charge in [0.05, 0.1) is 18.5 Å². The number of halogens is 1. The lowest BCUT2D eigenvalue weighted by Crippen LogP contribution is -2.25. The van der Waals surface area contributed by atoms with Crippen LogP contribution in [0.1, 0.15) is 6.92 Å². The second kappa shape index (κ2) is 7.17. The highest BCUT2D eigenvalue weighted by Gasteiger charge is 2.19. The fourth-order valence-corrected chi connectivity index (χ4v) is 2.40. The van der Waals surface area contributed by atoms with Crippen molar-refractivity contribution in [3.63, 3.8) is 0 Å². The summed E-state index contributed by atoms with van der Waals surface area (Å²) in [6.45, 7) is 1.59. The third-order valence-corrected chi connectivity index (χ3v) is 3.66. The second-order valence-electron chi connectivity index (χ2n) is 5.41. The van der Waals surface area contributed by atoms with Crippen LogP contribution in [0.15, 0.2) is 60.7 Å². The van der Waals surface area contributed by atoms with Crippen molar-refractivity contribution < 1.29 is 18.7 Å². The normalized spacial score (nSPS) is 11.8. The molecule has 0 aliphatic carbocycles. The topological polar surface area (TPSA) is 53.4 Å². The van der Waals surface area contributed by atoms with Gasteiger partial charge in [-0.3, -0.25) is 0 Å². The van der Waals surface area contributed by atoms with E-state index in [9.17, 15) is 9.18 Å². The van der Waals surface area contributed by atoms with E-state index in [0.29, 0.717) is 0 Å². The number of esters is 1. The SMILES string of the molecule is COC(=O)C(C)Oc1cc(-c2ccc(F)cc2)n(-c2ccccc2)n1. The summed E-state index contributed by atoms with van der Waals surface area (Å²) in [6.07, 6.45) is -0.787. The van der Waals surface area contributed by atoms with E-state index in [0.717, 1.165) is 16.9 Å². The lowest BCUT2D eigenvalue weighted by atomic mass is 10.1. The average Bonchev–Trinajstić information content (AvgIpc) is 3.06. The third-order valence-electron chi connectivity index (χ3n) is 3.66. The smallest absolute Gasteiger partial charge is 0.346 e. The Labute approximate surface area is 144 Å². The van der Waals surface area contributed by atoms with Crippen molar-refractivity contribution in [3.8, 4) is 22.8 Å². The zero-order valence-electron chi connectivity index (χ0n) is 13.8. The van der Waals surface area contributed by atoms with Gasteiger partial charge in [-0.05, 0) is 43.3 Å². The van der Waals surface area contributed by atoms with E-state index < -0.39 is 12.1 Å². The quantitative estimate of drug-likeness (QED) is 0.666. The number of nitrogens with zero attached hydrogens (tertiary/aromatic N) is 2. The van der Waals surface area contributed by atoms with Gasteiger partial charge >= 0.3 is 5.97 Å². The Morgan fingerprint density at radius 2 is 1.80 bits per heavy atom. The average molecular weight is 340 g/mol. The van der Waals surface area contributed by atoms with Crippen LogP contribution in [0.2, 0.25) is 0 Å². The number of methoxy groups -OCH3 is 1. The molecule has 0 radical (unpaired) electrons. The van der Waals surface area contributed by atoms with Gasteiger partial charge in [0, 0.05) is 11.6 Å². The molecule has 0 bridgehead atoms. The number of hydrogen-bond donors (Lipinski definition) is 0. The standard InChI is InChI=1S/C19H17FN2O3/c1-13(19(23)24-2)25-18-12-17(14-8-10-15(20)11-9-14)22(21-18)16-6-4-3-5-7-16/h3-13H,1-2H3. The Bertz CT molecular complexity index is 860. The van der Waals surface area contributed by atoms with Crippen LogP contribution >= 0.6 is 0 Å². The number of ether oxygens (including phenoxy) is 2. The van der Waals surface area contributed by atoms with Gasteiger partial charge in [-0.25, -0.2) is 13.9 Å². The molecular weight excluding hydrogens is 323 g/mol. The molecule has 0 amide bonds. The maximum atomic E-state index is 13.2. The van der Waals surface area contributed by atoms with Crippen LogP contribution in [-0.2, 0) is 9.53 Å². The molecule has 0 N–H and O–H groups in total. The highest BCUT2D eigenvalue weighted by molar-refractivity contribution is 5.74. The lowest BCUT2D eigenvalue weighted by Gasteiger charge is -2.09. The van der Waals surface area contributed by atoms with Crippen molar-refractivity contribution in [3.05, 3.63) is 66.5 Å². The lowest BCUT2D eigenvalue weighted by molar-refractivity contribution is -0.148.